The van der Waals surface area contributed by atoms with Gasteiger partial charge >= 0.3 is 0 Å². The van der Waals surface area contributed by atoms with Gasteiger partial charge in [-0.25, -0.2) is 0 Å². The standard InChI is InChI=1S/C22H32N4O2/c1-2-24-15-17-26(18-16-24)21(27)8-6-19-10-13-25(14-11-19)22(28)9-7-20-5-3-4-12-23-20/h3-5,7,9,12,19H,2,6,8,10-11,13-18H2,1H3. The van der Waals surface area contributed by atoms with E-state index in [0.717, 1.165) is 70.8 Å². The molecule has 3 rings (SSSR count). The first-order valence-corrected chi connectivity index (χ1v) is 10.5. The van der Waals surface area contributed by atoms with Crippen molar-refractivity contribution in [2.75, 3.05) is 45.8 Å². The fraction of sp³-hybridized carbons (Fsp3) is 0.591. The van der Waals surface area contributed by atoms with Gasteiger partial charge in [-0.05, 0) is 49.9 Å². The Kier molecular flexibility index (Phi) is 7.60. The highest BCUT2D eigenvalue weighted by Crippen LogP contribution is 2.23. The minimum absolute atomic E-state index is 0.0500. The third kappa shape index (κ3) is 5.89. The van der Waals surface area contributed by atoms with E-state index in [-0.39, 0.29) is 5.91 Å². The van der Waals surface area contributed by atoms with Crippen molar-refractivity contribution in [2.24, 2.45) is 5.92 Å². The van der Waals surface area contributed by atoms with E-state index in [1.807, 2.05) is 28.0 Å². The molecule has 0 N–H and O–H groups in total. The molecular formula is C22H32N4O2. The van der Waals surface area contributed by atoms with E-state index in [9.17, 15) is 9.59 Å². The van der Waals surface area contributed by atoms with Gasteiger partial charge in [-0.15, -0.1) is 0 Å². The molecule has 2 saturated heterocycles. The van der Waals surface area contributed by atoms with Crippen LogP contribution in [-0.4, -0.2) is 77.3 Å². The van der Waals surface area contributed by atoms with Crippen LogP contribution in [0.2, 0.25) is 0 Å². The van der Waals surface area contributed by atoms with Gasteiger partial charge in [0.1, 0.15) is 0 Å². The van der Waals surface area contributed by atoms with E-state index in [0.29, 0.717) is 18.2 Å². The van der Waals surface area contributed by atoms with E-state index in [4.69, 9.17) is 0 Å². The number of piperidine rings is 1. The molecule has 2 aliphatic heterocycles. The summed E-state index contributed by atoms with van der Waals surface area (Å²) in [5, 5.41) is 0. The summed E-state index contributed by atoms with van der Waals surface area (Å²) in [7, 11) is 0. The van der Waals surface area contributed by atoms with Crippen LogP contribution < -0.4 is 0 Å². The molecule has 1 aromatic rings. The zero-order valence-electron chi connectivity index (χ0n) is 16.9. The Morgan fingerprint density at radius 3 is 2.46 bits per heavy atom. The highest BCUT2D eigenvalue weighted by atomic mass is 16.2. The van der Waals surface area contributed by atoms with Crippen LogP contribution in [0.3, 0.4) is 0 Å². The minimum Gasteiger partial charge on any atom is -0.340 e. The molecule has 0 saturated carbocycles. The number of hydrogen-bond acceptors (Lipinski definition) is 4. The Labute approximate surface area is 168 Å². The van der Waals surface area contributed by atoms with E-state index < -0.39 is 0 Å². The molecule has 0 atom stereocenters. The van der Waals surface area contributed by atoms with Gasteiger partial charge in [-0.1, -0.05) is 13.0 Å². The molecule has 0 bridgehead atoms. The molecule has 152 valence electrons. The Hall–Kier alpha value is -2.21. The molecular weight excluding hydrogens is 352 g/mol. The molecule has 3 heterocycles. The summed E-state index contributed by atoms with van der Waals surface area (Å²) in [5.74, 6) is 0.895. The first-order chi connectivity index (χ1) is 13.7. The van der Waals surface area contributed by atoms with Crippen LogP contribution >= 0.6 is 0 Å². The zero-order chi connectivity index (χ0) is 19.8. The number of nitrogens with zero attached hydrogens (tertiary/aromatic N) is 4. The van der Waals surface area contributed by atoms with Crippen LogP contribution in [-0.2, 0) is 9.59 Å². The van der Waals surface area contributed by atoms with Gasteiger partial charge in [0, 0.05) is 58.0 Å². The lowest BCUT2D eigenvalue weighted by Gasteiger charge is -2.35. The van der Waals surface area contributed by atoms with Crippen molar-refractivity contribution in [3.63, 3.8) is 0 Å². The molecule has 0 spiro atoms. The quantitative estimate of drug-likeness (QED) is 0.706. The number of carbonyl (C=O) groups excluding carboxylic acids is 2. The topological polar surface area (TPSA) is 56.8 Å². The summed E-state index contributed by atoms with van der Waals surface area (Å²) < 4.78 is 0. The molecule has 6 nitrogen and oxygen atoms in total. The maximum Gasteiger partial charge on any atom is 0.246 e. The minimum atomic E-state index is 0.0500. The molecule has 2 fully saturated rings. The zero-order valence-corrected chi connectivity index (χ0v) is 16.9. The average molecular weight is 385 g/mol. The lowest BCUT2D eigenvalue weighted by Crippen LogP contribution is -2.48. The Balaban J connectivity index is 1.35. The van der Waals surface area contributed by atoms with Crippen molar-refractivity contribution in [3.05, 3.63) is 36.2 Å². The highest BCUT2D eigenvalue weighted by Gasteiger charge is 2.24. The fourth-order valence-electron chi connectivity index (χ4n) is 3.98. The van der Waals surface area contributed by atoms with Crippen molar-refractivity contribution >= 4 is 17.9 Å². The monoisotopic (exact) mass is 384 g/mol. The Morgan fingerprint density at radius 1 is 1.07 bits per heavy atom. The van der Waals surface area contributed by atoms with Crippen LogP contribution in [0.25, 0.3) is 6.08 Å². The first kappa shape index (κ1) is 20.5. The molecule has 0 aromatic carbocycles. The molecule has 28 heavy (non-hydrogen) atoms. The lowest BCUT2D eigenvalue weighted by atomic mass is 9.92. The normalized spacial score (nSPS) is 19.3. The predicted octanol–water partition coefficient (Wildman–Crippen LogP) is 2.28. The van der Waals surface area contributed by atoms with E-state index in [1.165, 1.54) is 0 Å². The summed E-state index contributed by atoms with van der Waals surface area (Å²) in [6.07, 6.45) is 8.66. The number of likely N-dealkylation sites (tertiary alicyclic amines) is 1. The molecule has 0 unspecified atom stereocenters. The third-order valence-electron chi connectivity index (χ3n) is 5.95. The summed E-state index contributed by atoms with van der Waals surface area (Å²) in [6.45, 7) is 8.51. The van der Waals surface area contributed by atoms with Crippen molar-refractivity contribution in [1.29, 1.82) is 0 Å². The fourth-order valence-corrected chi connectivity index (χ4v) is 3.98. The van der Waals surface area contributed by atoms with Crippen molar-refractivity contribution in [3.8, 4) is 0 Å². The average Bonchev–Trinajstić information content (AvgIpc) is 2.77. The van der Waals surface area contributed by atoms with Gasteiger partial charge in [0.2, 0.25) is 11.8 Å². The summed E-state index contributed by atoms with van der Waals surface area (Å²) >= 11 is 0. The maximum atomic E-state index is 12.5. The molecule has 6 heteroatoms. The largest absolute Gasteiger partial charge is 0.340 e. The third-order valence-corrected chi connectivity index (χ3v) is 5.95. The number of amides is 2. The number of likely N-dealkylation sites (N-methyl/N-ethyl adjacent to an activating group) is 1. The van der Waals surface area contributed by atoms with E-state index in [2.05, 4.69) is 16.8 Å². The van der Waals surface area contributed by atoms with Crippen molar-refractivity contribution < 1.29 is 9.59 Å². The second kappa shape index (κ2) is 10.4. The van der Waals surface area contributed by atoms with E-state index >= 15 is 0 Å². The lowest BCUT2D eigenvalue weighted by molar-refractivity contribution is -0.133. The van der Waals surface area contributed by atoms with Gasteiger partial charge in [-0.3, -0.25) is 14.6 Å². The molecule has 1 aromatic heterocycles. The number of rotatable bonds is 6. The molecule has 0 radical (unpaired) electrons. The van der Waals surface area contributed by atoms with Gasteiger partial charge in [0.05, 0.1) is 5.69 Å². The molecule has 0 aliphatic carbocycles. The number of hydrogen-bond donors (Lipinski definition) is 0. The van der Waals surface area contributed by atoms with Crippen LogP contribution in [0.4, 0.5) is 0 Å². The van der Waals surface area contributed by atoms with Crippen LogP contribution in [0.15, 0.2) is 30.5 Å². The van der Waals surface area contributed by atoms with Crippen molar-refractivity contribution in [2.45, 2.75) is 32.6 Å². The summed E-state index contributed by atoms with van der Waals surface area (Å²) in [6, 6.07) is 5.66. The SMILES string of the molecule is CCN1CCN(C(=O)CCC2CCN(C(=O)C=Cc3ccccn3)CC2)CC1. The highest BCUT2D eigenvalue weighted by molar-refractivity contribution is 5.91. The van der Waals surface area contributed by atoms with Gasteiger partial charge < -0.3 is 14.7 Å². The number of carbonyl (C=O) groups is 2. The predicted molar refractivity (Wildman–Crippen MR) is 111 cm³/mol. The molecule has 2 aliphatic rings. The number of piperazine rings is 1. The van der Waals surface area contributed by atoms with Gasteiger partial charge in [0.15, 0.2) is 0 Å². The maximum absolute atomic E-state index is 12.5. The number of pyridine rings is 1. The second-order valence-electron chi connectivity index (χ2n) is 7.71. The smallest absolute Gasteiger partial charge is 0.246 e. The van der Waals surface area contributed by atoms with E-state index in [1.54, 1.807) is 18.3 Å². The number of aromatic nitrogens is 1. The van der Waals surface area contributed by atoms with Gasteiger partial charge in [0.25, 0.3) is 0 Å². The summed E-state index contributed by atoms with van der Waals surface area (Å²) in [4.78, 5) is 35.3. The van der Waals surface area contributed by atoms with Gasteiger partial charge in [-0.2, -0.15) is 0 Å². The van der Waals surface area contributed by atoms with Crippen molar-refractivity contribution in [1.82, 2.24) is 19.7 Å². The summed E-state index contributed by atoms with van der Waals surface area (Å²) in [5.41, 5.74) is 0.795. The van der Waals surface area contributed by atoms with Crippen LogP contribution in [0.1, 0.15) is 38.3 Å². The first-order valence-electron chi connectivity index (χ1n) is 10.5. The molecule has 2 amide bonds. The Morgan fingerprint density at radius 2 is 1.82 bits per heavy atom. The van der Waals surface area contributed by atoms with Crippen LogP contribution in [0, 0.1) is 5.92 Å². The Bertz CT molecular complexity index is 660. The van der Waals surface area contributed by atoms with Crippen LogP contribution in [0.5, 0.6) is 0 Å². The second-order valence-corrected chi connectivity index (χ2v) is 7.71.